The number of benzene rings is 1. The van der Waals surface area contributed by atoms with Crippen LogP contribution in [0.25, 0.3) is 0 Å². The van der Waals surface area contributed by atoms with Gasteiger partial charge < -0.3 is 20.3 Å². The molecule has 1 aromatic carbocycles. The molecule has 27 heavy (non-hydrogen) atoms. The van der Waals surface area contributed by atoms with E-state index in [-0.39, 0.29) is 29.4 Å². The fourth-order valence-electron chi connectivity index (χ4n) is 4.11. The zero-order chi connectivity index (χ0) is 18.1. The van der Waals surface area contributed by atoms with Crippen molar-refractivity contribution in [3.8, 4) is 0 Å². The quantitative estimate of drug-likeness (QED) is 0.369. The lowest BCUT2D eigenvalue weighted by molar-refractivity contribution is 0.0514. The number of rotatable bonds is 6. The van der Waals surface area contributed by atoms with Gasteiger partial charge in [0, 0.05) is 45.3 Å². The van der Waals surface area contributed by atoms with Crippen LogP contribution in [0.4, 0.5) is 0 Å². The first-order valence-corrected chi connectivity index (χ1v) is 10.1. The molecule has 0 unspecified atom stereocenters. The fourth-order valence-corrected chi connectivity index (χ4v) is 4.11. The van der Waals surface area contributed by atoms with Crippen LogP contribution in [-0.4, -0.2) is 63.8 Å². The average Bonchev–Trinajstić information content (AvgIpc) is 2.72. The average molecular weight is 486 g/mol. The smallest absolute Gasteiger partial charge is 0.191 e. The lowest BCUT2D eigenvalue weighted by Gasteiger charge is -2.38. The highest BCUT2D eigenvalue weighted by Crippen LogP contribution is 2.34. The topological polar surface area (TPSA) is 48.9 Å². The second kappa shape index (κ2) is 11.9. The van der Waals surface area contributed by atoms with E-state index < -0.39 is 0 Å². The van der Waals surface area contributed by atoms with Crippen LogP contribution in [0.15, 0.2) is 35.3 Å². The molecule has 0 spiro atoms. The number of hydrogen-bond acceptors (Lipinski definition) is 3. The van der Waals surface area contributed by atoms with Crippen LogP contribution < -0.4 is 10.6 Å². The maximum absolute atomic E-state index is 5.63. The van der Waals surface area contributed by atoms with E-state index in [0.717, 1.165) is 51.6 Å². The number of nitrogens with zero attached hydrogens (tertiary/aromatic N) is 2. The predicted molar refractivity (Wildman–Crippen MR) is 123 cm³/mol. The largest absolute Gasteiger partial charge is 0.381 e. The minimum atomic E-state index is 0. The van der Waals surface area contributed by atoms with Gasteiger partial charge in [-0.3, -0.25) is 4.99 Å². The second-order valence-electron chi connectivity index (χ2n) is 7.51. The fraction of sp³-hybridized carbons (Fsp3) is 0.667. The minimum Gasteiger partial charge on any atom is -0.381 e. The Morgan fingerprint density at radius 3 is 2.44 bits per heavy atom. The molecule has 0 bridgehead atoms. The van der Waals surface area contributed by atoms with Crippen LogP contribution in [-0.2, 0) is 10.2 Å². The van der Waals surface area contributed by atoms with Crippen LogP contribution >= 0.6 is 24.0 Å². The summed E-state index contributed by atoms with van der Waals surface area (Å²) in [6.07, 6.45) is 6.17. The van der Waals surface area contributed by atoms with Gasteiger partial charge in [-0.25, -0.2) is 0 Å². The lowest BCUT2D eigenvalue weighted by Crippen LogP contribution is -2.49. The van der Waals surface area contributed by atoms with E-state index in [1.165, 1.54) is 37.9 Å². The van der Waals surface area contributed by atoms with Gasteiger partial charge in [-0.2, -0.15) is 0 Å². The lowest BCUT2D eigenvalue weighted by atomic mass is 9.74. The van der Waals surface area contributed by atoms with Crippen LogP contribution in [0.3, 0.4) is 0 Å². The highest BCUT2D eigenvalue weighted by molar-refractivity contribution is 14.0. The molecule has 2 fully saturated rings. The van der Waals surface area contributed by atoms with E-state index >= 15 is 0 Å². The molecule has 0 amide bonds. The third-order valence-electron chi connectivity index (χ3n) is 5.82. The monoisotopic (exact) mass is 486 g/mol. The zero-order valence-corrected chi connectivity index (χ0v) is 18.9. The minimum absolute atomic E-state index is 0. The van der Waals surface area contributed by atoms with Crippen molar-refractivity contribution in [3.63, 3.8) is 0 Å². The number of guanidine groups is 1. The number of ether oxygens (including phenoxy) is 1. The van der Waals surface area contributed by atoms with Gasteiger partial charge in [0.1, 0.15) is 0 Å². The van der Waals surface area contributed by atoms with Crippen LogP contribution in [0.5, 0.6) is 0 Å². The summed E-state index contributed by atoms with van der Waals surface area (Å²) in [5.74, 6) is 0.906. The predicted octanol–water partition coefficient (Wildman–Crippen LogP) is 3.00. The molecule has 152 valence electrons. The number of piperidine rings is 1. The van der Waals surface area contributed by atoms with Gasteiger partial charge in [-0.1, -0.05) is 36.8 Å². The Bertz CT molecular complexity index is 555. The van der Waals surface area contributed by atoms with Crippen LogP contribution in [0.2, 0.25) is 0 Å². The van der Waals surface area contributed by atoms with E-state index in [4.69, 9.17) is 4.74 Å². The Labute approximate surface area is 181 Å². The molecule has 3 rings (SSSR count). The summed E-state index contributed by atoms with van der Waals surface area (Å²) in [5.41, 5.74) is 1.53. The molecule has 2 heterocycles. The molecule has 0 radical (unpaired) electrons. The summed E-state index contributed by atoms with van der Waals surface area (Å²) < 4.78 is 5.63. The first-order chi connectivity index (χ1) is 12.8. The Morgan fingerprint density at radius 1 is 1.07 bits per heavy atom. The van der Waals surface area contributed by atoms with Crippen molar-refractivity contribution in [3.05, 3.63) is 35.9 Å². The van der Waals surface area contributed by atoms with Crippen molar-refractivity contribution >= 4 is 29.9 Å². The Balaban J connectivity index is 0.00000261. The number of halogens is 1. The molecule has 6 heteroatoms. The van der Waals surface area contributed by atoms with E-state index in [2.05, 4.69) is 50.9 Å². The third kappa shape index (κ3) is 6.61. The summed E-state index contributed by atoms with van der Waals surface area (Å²) >= 11 is 0. The molecule has 0 aliphatic carbocycles. The zero-order valence-electron chi connectivity index (χ0n) is 16.6. The normalized spacial score (nSPS) is 20.6. The molecule has 5 nitrogen and oxygen atoms in total. The number of hydrogen-bond donors (Lipinski definition) is 2. The number of likely N-dealkylation sites (tertiary alicyclic amines) is 1. The standard InChI is InChI=1S/C21H34N4O.HI/c1-22-20(23-12-15-25-13-6-3-7-14-25)24-18-21(10-16-26-17-11-21)19-8-4-2-5-9-19;/h2,4-5,8-9H,3,6-7,10-18H2,1H3,(H2,22,23,24);1H. The second-order valence-corrected chi connectivity index (χ2v) is 7.51. The van der Waals surface area contributed by atoms with E-state index in [1.54, 1.807) is 0 Å². The number of aliphatic imine (C=N–C) groups is 1. The summed E-state index contributed by atoms with van der Waals surface area (Å²) in [6, 6.07) is 10.9. The van der Waals surface area contributed by atoms with Gasteiger partial charge in [-0.15, -0.1) is 24.0 Å². The Hall–Kier alpha value is -0.860. The van der Waals surface area contributed by atoms with Gasteiger partial charge in [0.15, 0.2) is 5.96 Å². The van der Waals surface area contributed by atoms with Gasteiger partial charge in [0.05, 0.1) is 0 Å². The van der Waals surface area contributed by atoms with Crippen LogP contribution in [0, 0.1) is 0 Å². The van der Waals surface area contributed by atoms with Crippen molar-refractivity contribution < 1.29 is 4.74 Å². The van der Waals surface area contributed by atoms with Gasteiger partial charge in [0.2, 0.25) is 0 Å². The summed E-state index contributed by atoms with van der Waals surface area (Å²) in [7, 11) is 1.86. The summed E-state index contributed by atoms with van der Waals surface area (Å²) in [4.78, 5) is 6.97. The highest BCUT2D eigenvalue weighted by Gasteiger charge is 2.34. The first kappa shape index (κ1) is 22.4. The van der Waals surface area contributed by atoms with Crippen LogP contribution in [0.1, 0.15) is 37.7 Å². The molecular formula is C21H35IN4O. The van der Waals surface area contributed by atoms with Crippen molar-refractivity contribution in [2.75, 3.05) is 53.0 Å². The van der Waals surface area contributed by atoms with Gasteiger partial charge >= 0.3 is 0 Å². The molecular weight excluding hydrogens is 451 g/mol. The van der Waals surface area contributed by atoms with E-state index in [9.17, 15) is 0 Å². The molecule has 0 saturated carbocycles. The van der Waals surface area contributed by atoms with Crippen molar-refractivity contribution in [2.24, 2.45) is 4.99 Å². The summed E-state index contributed by atoms with van der Waals surface area (Å²) in [6.45, 7) is 7.08. The van der Waals surface area contributed by atoms with Crippen molar-refractivity contribution in [1.29, 1.82) is 0 Å². The SMILES string of the molecule is CN=C(NCCN1CCCCC1)NCC1(c2ccccc2)CCOCC1.I. The molecule has 2 saturated heterocycles. The maximum atomic E-state index is 5.63. The summed E-state index contributed by atoms with van der Waals surface area (Å²) in [5, 5.41) is 7.07. The van der Waals surface area contributed by atoms with Crippen molar-refractivity contribution in [1.82, 2.24) is 15.5 Å². The van der Waals surface area contributed by atoms with Crippen molar-refractivity contribution in [2.45, 2.75) is 37.5 Å². The molecule has 2 aliphatic heterocycles. The highest BCUT2D eigenvalue weighted by atomic mass is 127. The third-order valence-corrected chi connectivity index (χ3v) is 5.82. The maximum Gasteiger partial charge on any atom is 0.191 e. The van der Waals surface area contributed by atoms with E-state index in [0.29, 0.717) is 0 Å². The first-order valence-electron chi connectivity index (χ1n) is 10.1. The Morgan fingerprint density at radius 2 is 1.78 bits per heavy atom. The molecule has 2 aliphatic rings. The van der Waals surface area contributed by atoms with Gasteiger partial charge in [-0.05, 0) is 44.3 Å². The molecule has 1 aromatic rings. The Kier molecular flexibility index (Phi) is 9.86. The number of nitrogens with one attached hydrogen (secondary N) is 2. The van der Waals surface area contributed by atoms with E-state index in [1.807, 2.05) is 7.05 Å². The molecule has 2 N–H and O–H groups in total. The molecule has 0 aromatic heterocycles. The van der Waals surface area contributed by atoms with Gasteiger partial charge in [0.25, 0.3) is 0 Å². The molecule has 0 atom stereocenters.